The van der Waals surface area contributed by atoms with Crippen molar-refractivity contribution in [2.45, 2.75) is 56.9 Å². The highest BCUT2D eigenvalue weighted by Crippen LogP contribution is 2.23. The lowest BCUT2D eigenvalue weighted by atomic mass is 9.96. The van der Waals surface area contributed by atoms with Crippen LogP contribution in [0.15, 0.2) is 23.1 Å². The van der Waals surface area contributed by atoms with Crippen molar-refractivity contribution in [3.05, 3.63) is 29.3 Å². The third-order valence-corrected chi connectivity index (χ3v) is 4.41. The lowest BCUT2D eigenvalue weighted by molar-refractivity contribution is 0.253. The number of benzene rings is 1. The minimum atomic E-state index is 0.0881. The van der Waals surface area contributed by atoms with Gasteiger partial charge in [-0.1, -0.05) is 25.3 Å². The normalized spacial score (nSPS) is 16.6. The average molecular weight is 263 g/mol. The van der Waals surface area contributed by atoms with Crippen molar-refractivity contribution in [3.8, 4) is 0 Å². The predicted molar refractivity (Wildman–Crippen MR) is 77.2 cm³/mol. The van der Waals surface area contributed by atoms with Crippen molar-refractivity contribution in [1.82, 2.24) is 5.32 Å². The maximum atomic E-state index is 11.9. The van der Waals surface area contributed by atoms with Crippen LogP contribution in [0.5, 0.6) is 0 Å². The van der Waals surface area contributed by atoms with E-state index in [2.05, 4.69) is 31.3 Å². The number of carbonyl (C=O) groups is 1. The smallest absolute Gasteiger partial charge is 0.284 e. The first-order chi connectivity index (χ1) is 8.65. The molecular formula is C15H21NOS. The van der Waals surface area contributed by atoms with Crippen molar-refractivity contribution in [3.63, 3.8) is 0 Å². The van der Waals surface area contributed by atoms with Gasteiger partial charge >= 0.3 is 0 Å². The van der Waals surface area contributed by atoms with Crippen LogP contribution >= 0.6 is 11.8 Å². The number of rotatable bonds is 2. The summed E-state index contributed by atoms with van der Waals surface area (Å²) in [5.74, 6) is 0. The summed E-state index contributed by atoms with van der Waals surface area (Å²) in [6, 6.07) is 6.57. The molecular weight excluding hydrogens is 242 g/mol. The van der Waals surface area contributed by atoms with Gasteiger partial charge < -0.3 is 5.32 Å². The van der Waals surface area contributed by atoms with E-state index in [-0.39, 0.29) is 5.24 Å². The van der Waals surface area contributed by atoms with Crippen LogP contribution in [0, 0.1) is 13.8 Å². The summed E-state index contributed by atoms with van der Waals surface area (Å²) in [6.45, 7) is 4.17. The molecule has 1 aliphatic rings. The molecule has 1 N–H and O–H groups in total. The molecule has 0 atom stereocenters. The zero-order valence-corrected chi connectivity index (χ0v) is 12.0. The predicted octanol–water partition coefficient (Wildman–Crippen LogP) is 4.44. The molecule has 0 spiro atoms. The molecule has 0 saturated heterocycles. The Morgan fingerprint density at radius 3 is 2.56 bits per heavy atom. The van der Waals surface area contributed by atoms with E-state index in [0.717, 1.165) is 17.7 Å². The minimum absolute atomic E-state index is 0.0881. The highest BCUT2D eigenvalue weighted by atomic mass is 32.2. The Balaban J connectivity index is 1.88. The summed E-state index contributed by atoms with van der Waals surface area (Å²) < 4.78 is 0. The zero-order chi connectivity index (χ0) is 13.0. The second kappa shape index (κ2) is 6.28. The first-order valence-electron chi connectivity index (χ1n) is 6.71. The highest BCUT2D eigenvalue weighted by molar-refractivity contribution is 8.13. The van der Waals surface area contributed by atoms with Crippen LogP contribution in [0.3, 0.4) is 0 Å². The minimum Gasteiger partial charge on any atom is -0.344 e. The lowest BCUT2D eigenvalue weighted by Crippen LogP contribution is -2.33. The van der Waals surface area contributed by atoms with Crippen molar-refractivity contribution in [1.29, 1.82) is 0 Å². The van der Waals surface area contributed by atoms with E-state index in [1.165, 1.54) is 42.2 Å². The molecule has 2 rings (SSSR count). The first-order valence-corrected chi connectivity index (χ1v) is 7.52. The summed E-state index contributed by atoms with van der Waals surface area (Å²) >= 11 is 1.31. The SMILES string of the molecule is Cc1ccc(SC(=O)NC2CCCCC2)cc1C. The van der Waals surface area contributed by atoms with Crippen molar-refractivity contribution >= 4 is 17.0 Å². The molecule has 0 heterocycles. The molecule has 1 aromatic rings. The van der Waals surface area contributed by atoms with Crippen LogP contribution in [-0.2, 0) is 0 Å². The fourth-order valence-corrected chi connectivity index (χ4v) is 3.14. The van der Waals surface area contributed by atoms with Gasteiger partial charge in [0.1, 0.15) is 0 Å². The second-order valence-electron chi connectivity index (χ2n) is 5.11. The monoisotopic (exact) mass is 263 g/mol. The van der Waals surface area contributed by atoms with Crippen molar-refractivity contribution in [2.75, 3.05) is 0 Å². The molecule has 1 saturated carbocycles. The van der Waals surface area contributed by atoms with E-state index >= 15 is 0 Å². The summed E-state index contributed by atoms with van der Waals surface area (Å²) in [5, 5.41) is 3.21. The fraction of sp³-hybridized carbons (Fsp3) is 0.533. The number of hydrogen-bond donors (Lipinski definition) is 1. The summed E-state index contributed by atoms with van der Waals surface area (Å²) in [7, 11) is 0. The van der Waals surface area contributed by atoms with Gasteiger partial charge in [0.15, 0.2) is 0 Å². The molecule has 1 aliphatic carbocycles. The van der Waals surface area contributed by atoms with Crippen molar-refractivity contribution < 1.29 is 4.79 Å². The van der Waals surface area contributed by atoms with E-state index in [0.29, 0.717) is 6.04 Å². The zero-order valence-electron chi connectivity index (χ0n) is 11.2. The molecule has 0 unspecified atom stereocenters. The van der Waals surface area contributed by atoms with Crippen LogP contribution in [-0.4, -0.2) is 11.3 Å². The number of nitrogens with one attached hydrogen (secondary N) is 1. The molecule has 1 amide bonds. The Labute approximate surface area is 114 Å². The number of amides is 1. The molecule has 0 aromatic heterocycles. The Hall–Kier alpha value is -0.960. The molecule has 2 nitrogen and oxygen atoms in total. The van der Waals surface area contributed by atoms with Gasteiger partial charge in [-0.3, -0.25) is 4.79 Å². The first kappa shape index (κ1) is 13.5. The topological polar surface area (TPSA) is 29.1 Å². The van der Waals surface area contributed by atoms with Gasteiger partial charge in [-0.2, -0.15) is 0 Å². The number of carbonyl (C=O) groups excluding carboxylic acids is 1. The van der Waals surface area contributed by atoms with E-state index in [1.54, 1.807) is 0 Å². The van der Waals surface area contributed by atoms with E-state index < -0.39 is 0 Å². The Kier molecular flexibility index (Phi) is 4.70. The van der Waals surface area contributed by atoms with Crippen molar-refractivity contribution in [2.24, 2.45) is 0 Å². The molecule has 98 valence electrons. The average Bonchev–Trinajstić information content (AvgIpc) is 2.35. The van der Waals surface area contributed by atoms with Crippen LogP contribution in [0.4, 0.5) is 4.79 Å². The van der Waals surface area contributed by atoms with E-state index in [9.17, 15) is 4.79 Å². The van der Waals surface area contributed by atoms with E-state index in [4.69, 9.17) is 0 Å². The van der Waals surface area contributed by atoms with Crippen LogP contribution in [0.1, 0.15) is 43.2 Å². The third-order valence-electron chi connectivity index (χ3n) is 3.62. The molecule has 0 bridgehead atoms. The molecule has 1 aromatic carbocycles. The van der Waals surface area contributed by atoms with Gasteiger partial charge in [0.2, 0.25) is 0 Å². The Morgan fingerprint density at radius 2 is 1.89 bits per heavy atom. The Bertz CT molecular complexity index is 425. The van der Waals surface area contributed by atoms with E-state index in [1.807, 2.05) is 6.07 Å². The molecule has 0 radical (unpaired) electrons. The largest absolute Gasteiger partial charge is 0.344 e. The van der Waals surface area contributed by atoms with Gasteiger partial charge in [-0.05, 0) is 61.7 Å². The number of hydrogen-bond acceptors (Lipinski definition) is 2. The Morgan fingerprint density at radius 1 is 1.17 bits per heavy atom. The molecule has 0 aliphatic heterocycles. The highest BCUT2D eigenvalue weighted by Gasteiger charge is 2.16. The molecule has 18 heavy (non-hydrogen) atoms. The third kappa shape index (κ3) is 3.77. The number of aryl methyl sites for hydroxylation is 2. The summed E-state index contributed by atoms with van der Waals surface area (Å²) in [4.78, 5) is 13.0. The number of thioether (sulfide) groups is 1. The molecule has 3 heteroatoms. The van der Waals surface area contributed by atoms with Gasteiger partial charge in [-0.25, -0.2) is 0 Å². The second-order valence-corrected chi connectivity index (χ2v) is 6.16. The van der Waals surface area contributed by atoms with Crippen LogP contribution < -0.4 is 5.32 Å². The quantitative estimate of drug-likeness (QED) is 0.799. The van der Waals surface area contributed by atoms with Gasteiger partial charge in [0.25, 0.3) is 5.24 Å². The fourth-order valence-electron chi connectivity index (χ4n) is 2.33. The van der Waals surface area contributed by atoms with Gasteiger partial charge in [0.05, 0.1) is 0 Å². The van der Waals surface area contributed by atoms with Crippen LogP contribution in [0.25, 0.3) is 0 Å². The summed E-state index contributed by atoms with van der Waals surface area (Å²) in [6.07, 6.45) is 6.09. The van der Waals surface area contributed by atoms with Gasteiger partial charge in [-0.15, -0.1) is 0 Å². The standard InChI is InChI=1S/C15H21NOS/c1-11-8-9-14(10-12(11)2)18-15(17)16-13-6-4-3-5-7-13/h8-10,13H,3-7H2,1-2H3,(H,16,17). The van der Waals surface area contributed by atoms with Crippen LogP contribution in [0.2, 0.25) is 0 Å². The summed E-state index contributed by atoms with van der Waals surface area (Å²) in [5.41, 5.74) is 2.51. The van der Waals surface area contributed by atoms with Gasteiger partial charge in [0, 0.05) is 10.9 Å². The maximum absolute atomic E-state index is 11.9. The molecule has 1 fully saturated rings. The lowest BCUT2D eigenvalue weighted by Gasteiger charge is -2.22. The maximum Gasteiger partial charge on any atom is 0.284 e.